The molecule has 0 spiro atoms. The zero-order chi connectivity index (χ0) is 23.4. The number of alkyl halides is 2. The monoisotopic (exact) mass is 458 g/mol. The van der Waals surface area contributed by atoms with E-state index in [1.165, 1.54) is 17.2 Å². The van der Waals surface area contributed by atoms with Gasteiger partial charge in [0.25, 0.3) is 5.92 Å². The first-order valence-corrected chi connectivity index (χ1v) is 10.3. The number of halogens is 2. The van der Waals surface area contributed by atoms with Crippen LogP contribution in [0.5, 0.6) is 11.5 Å². The first-order valence-electron chi connectivity index (χ1n) is 10.3. The van der Waals surface area contributed by atoms with Crippen LogP contribution in [0.1, 0.15) is 17.5 Å². The molecule has 1 saturated heterocycles. The fourth-order valence-corrected chi connectivity index (χ4v) is 3.59. The number of nitrogens with zero attached hydrogens (tertiary/aromatic N) is 5. The Morgan fingerprint density at radius 1 is 1.12 bits per heavy atom. The first kappa shape index (κ1) is 22.4. The molecule has 1 aromatic carbocycles. The summed E-state index contributed by atoms with van der Waals surface area (Å²) >= 11 is 0. The Morgan fingerprint density at radius 2 is 1.91 bits per heavy atom. The van der Waals surface area contributed by atoms with Crippen molar-refractivity contribution in [1.82, 2.24) is 20.0 Å². The summed E-state index contributed by atoms with van der Waals surface area (Å²) in [4.78, 5) is 19.6. The number of nitrogens with one attached hydrogen (secondary N) is 1. The minimum absolute atomic E-state index is 0.0754. The molecule has 33 heavy (non-hydrogen) atoms. The zero-order valence-electron chi connectivity index (χ0n) is 18.3. The van der Waals surface area contributed by atoms with Gasteiger partial charge < -0.3 is 19.7 Å². The highest BCUT2D eigenvalue weighted by molar-refractivity contribution is 5.91. The Kier molecular flexibility index (Phi) is 6.38. The number of carbonyl (C=O) groups excluding carboxylic acids is 1. The van der Waals surface area contributed by atoms with Crippen molar-refractivity contribution >= 4 is 17.5 Å². The maximum absolute atomic E-state index is 13.4. The van der Waals surface area contributed by atoms with Crippen molar-refractivity contribution in [3.8, 4) is 11.5 Å². The van der Waals surface area contributed by atoms with Crippen LogP contribution in [0, 0.1) is 0 Å². The smallest absolute Gasteiger partial charge is 0.266 e. The highest BCUT2D eigenvalue weighted by atomic mass is 19.3. The van der Waals surface area contributed by atoms with E-state index in [1.807, 2.05) is 12.1 Å². The van der Waals surface area contributed by atoms with Crippen LogP contribution in [0.3, 0.4) is 0 Å². The van der Waals surface area contributed by atoms with E-state index in [9.17, 15) is 13.6 Å². The molecule has 1 N–H and O–H groups in total. The van der Waals surface area contributed by atoms with E-state index in [1.54, 1.807) is 37.3 Å². The van der Waals surface area contributed by atoms with Crippen LogP contribution < -0.4 is 19.7 Å². The maximum atomic E-state index is 13.4. The van der Waals surface area contributed by atoms with Gasteiger partial charge in [0.2, 0.25) is 5.91 Å². The SMILES string of the molecule is COc1ccc(Cn2ncc(NC(=O)Cc3ccc(N4CCC(F)(F)C4)nc3)n2)cc1OC. The van der Waals surface area contributed by atoms with E-state index >= 15 is 0 Å². The van der Waals surface area contributed by atoms with Gasteiger partial charge in [-0.25, -0.2) is 13.8 Å². The third kappa shape index (κ3) is 5.54. The summed E-state index contributed by atoms with van der Waals surface area (Å²) in [6, 6.07) is 8.88. The predicted octanol–water partition coefficient (Wildman–Crippen LogP) is 2.77. The molecule has 2 aromatic heterocycles. The molecular formula is C22H24F2N6O3. The summed E-state index contributed by atoms with van der Waals surface area (Å²) in [5.41, 5.74) is 1.57. The van der Waals surface area contributed by atoms with Crippen LogP contribution in [0.15, 0.2) is 42.7 Å². The van der Waals surface area contributed by atoms with Gasteiger partial charge in [0, 0.05) is 19.2 Å². The predicted molar refractivity (Wildman–Crippen MR) is 117 cm³/mol. The molecule has 0 saturated carbocycles. The largest absolute Gasteiger partial charge is 0.493 e. The third-order valence-electron chi connectivity index (χ3n) is 5.24. The lowest BCUT2D eigenvalue weighted by molar-refractivity contribution is -0.115. The van der Waals surface area contributed by atoms with Crippen molar-refractivity contribution in [2.24, 2.45) is 0 Å². The number of rotatable bonds is 8. The van der Waals surface area contributed by atoms with Gasteiger partial charge in [-0.1, -0.05) is 12.1 Å². The average Bonchev–Trinajstić information content (AvgIpc) is 3.39. The topological polar surface area (TPSA) is 94.4 Å². The number of hydrogen-bond donors (Lipinski definition) is 1. The minimum Gasteiger partial charge on any atom is -0.493 e. The molecule has 0 bridgehead atoms. The fourth-order valence-electron chi connectivity index (χ4n) is 3.59. The maximum Gasteiger partial charge on any atom is 0.266 e. The number of ether oxygens (including phenoxy) is 2. The van der Waals surface area contributed by atoms with Gasteiger partial charge in [-0.05, 0) is 29.3 Å². The van der Waals surface area contributed by atoms with E-state index in [0.29, 0.717) is 35.2 Å². The second kappa shape index (κ2) is 9.39. The van der Waals surface area contributed by atoms with Crippen molar-refractivity contribution in [1.29, 1.82) is 0 Å². The molecular weight excluding hydrogens is 434 g/mol. The number of aromatic nitrogens is 4. The highest BCUT2D eigenvalue weighted by Crippen LogP contribution is 2.30. The van der Waals surface area contributed by atoms with E-state index < -0.39 is 5.92 Å². The number of methoxy groups -OCH3 is 2. The van der Waals surface area contributed by atoms with Crippen molar-refractivity contribution < 1.29 is 23.0 Å². The Hall–Kier alpha value is -3.76. The lowest BCUT2D eigenvalue weighted by atomic mass is 10.2. The number of carbonyl (C=O) groups is 1. The minimum atomic E-state index is -2.68. The molecule has 11 heteroatoms. The second-order valence-corrected chi connectivity index (χ2v) is 7.73. The Labute approximate surface area is 189 Å². The normalized spacial score (nSPS) is 14.8. The molecule has 0 radical (unpaired) electrons. The van der Waals surface area contributed by atoms with Gasteiger partial charge in [-0.3, -0.25) is 4.79 Å². The Balaban J connectivity index is 1.31. The average molecular weight is 458 g/mol. The molecule has 9 nitrogen and oxygen atoms in total. The van der Waals surface area contributed by atoms with Gasteiger partial charge >= 0.3 is 0 Å². The Morgan fingerprint density at radius 3 is 2.58 bits per heavy atom. The lowest BCUT2D eigenvalue weighted by Crippen LogP contribution is -2.25. The van der Waals surface area contributed by atoms with Crippen molar-refractivity contribution in [2.75, 3.05) is 37.5 Å². The molecule has 1 amide bonds. The van der Waals surface area contributed by atoms with Crippen LogP contribution in [-0.4, -0.2) is 59.1 Å². The van der Waals surface area contributed by atoms with E-state index in [4.69, 9.17) is 9.47 Å². The second-order valence-electron chi connectivity index (χ2n) is 7.73. The van der Waals surface area contributed by atoms with E-state index in [0.717, 1.165) is 5.56 Å². The molecule has 0 atom stereocenters. The highest BCUT2D eigenvalue weighted by Gasteiger charge is 2.38. The van der Waals surface area contributed by atoms with E-state index in [2.05, 4.69) is 20.5 Å². The summed E-state index contributed by atoms with van der Waals surface area (Å²) in [5.74, 6) is -0.927. The van der Waals surface area contributed by atoms with Crippen molar-refractivity contribution in [2.45, 2.75) is 25.3 Å². The van der Waals surface area contributed by atoms with Gasteiger partial charge in [-0.15, -0.1) is 5.10 Å². The van der Waals surface area contributed by atoms with E-state index in [-0.39, 0.29) is 31.8 Å². The lowest BCUT2D eigenvalue weighted by Gasteiger charge is -2.17. The summed E-state index contributed by atoms with van der Waals surface area (Å²) < 4.78 is 37.3. The number of pyridine rings is 1. The number of amides is 1. The first-order chi connectivity index (χ1) is 15.8. The summed E-state index contributed by atoms with van der Waals surface area (Å²) in [6.45, 7) is 0.314. The van der Waals surface area contributed by atoms with Crippen LogP contribution in [0.25, 0.3) is 0 Å². The molecule has 1 aliphatic heterocycles. The van der Waals surface area contributed by atoms with Crippen LogP contribution in [0.4, 0.5) is 20.4 Å². The number of hydrogen-bond acceptors (Lipinski definition) is 7. The fraction of sp³-hybridized carbons (Fsp3) is 0.364. The van der Waals surface area contributed by atoms with Gasteiger partial charge in [0.15, 0.2) is 17.3 Å². The molecule has 3 heterocycles. The molecule has 3 aromatic rings. The quantitative estimate of drug-likeness (QED) is 0.555. The standard InChI is InChI=1S/C22H24F2N6O3/c1-32-17-5-3-16(9-18(17)33-2)13-30-26-12-19(28-30)27-21(31)10-15-4-6-20(25-11-15)29-8-7-22(23,24)14-29/h3-6,9,11-12H,7-8,10,13-14H2,1-2H3,(H,27,28,31). The van der Waals surface area contributed by atoms with Crippen LogP contribution in [0.2, 0.25) is 0 Å². The van der Waals surface area contributed by atoms with Gasteiger partial charge in [-0.2, -0.15) is 9.90 Å². The molecule has 1 fully saturated rings. The van der Waals surface area contributed by atoms with Gasteiger partial charge in [0.05, 0.1) is 39.9 Å². The van der Waals surface area contributed by atoms with Crippen LogP contribution >= 0.6 is 0 Å². The van der Waals surface area contributed by atoms with Crippen molar-refractivity contribution in [3.63, 3.8) is 0 Å². The van der Waals surface area contributed by atoms with Gasteiger partial charge in [0.1, 0.15) is 5.82 Å². The number of anilines is 2. The molecule has 4 rings (SSSR count). The summed E-state index contributed by atoms with van der Waals surface area (Å²) in [7, 11) is 3.14. The molecule has 0 aliphatic carbocycles. The van der Waals surface area contributed by atoms with Crippen LogP contribution in [-0.2, 0) is 17.8 Å². The molecule has 0 unspecified atom stereocenters. The summed E-state index contributed by atoms with van der Waals surface area (Å²) in [6.07, 6.45) is 2.89. The number of benzene rings is 1. The Bertz CT molecular complexity index is 1120. The summed E-state index contributed by atoms with van der Waals surface area (Å²) in [5, 5.41) is 11.2. The zero-order valence-corrected chi connectivity index (χ0v) is 18.3. The third-order valence-corrected chi connectivity index (χ3v) is 5.24. The molecule has 174 valence electrons. The molecule has 1 aliphatic rings. The van der Waals surface area contributed by atoms with Crippen molar-refractivity contribution in [3.05, 3.63) is 53.9 Å².